The largest absolute Gasteiger partial charge is 0.497 e. The number of aromatic nitrogens is 2. The van der Waals surface area contributed by atoms with Crippen LogP contribution in [0.4, 0.5) is 8.78 Å². The normalized spacial score (nSPS) is 10.9. The Morgan fingerprint density at radius 1 is 1.09 bits per heavy atom. The number of para-hydroxylation sites is 1. The highest BCUT2D eigenvalue weighted by Gasteiger charge is 2.17. The van der Waals surface area contributed by atoms with E-state index < -0.39 is 17.2 Å². The molecule has 1 amide bonds. The lowest BCUT2D eigenvalue weighted by Crippen LogP contribution is -2.28. The van der Waals surface area contributed by atoms with Gasteiger partial charge in [-0.05, 0) is 48.4 Å². The van der Waals surface area contributed by atoms with Crippen LogP contribution in [0.15, 0.2) is 76.7 Å². The van der Waals surface area contributed by atoms with Crippen molar-refractivity contribution in [3.8, 4) is 11.4 Å². The molecule has 0 atom stereocenters. The van der Waals surface area contributed by atoms with Crippen molar-refractivity contribution >= 4 is 28.6 Å². The molecule has 174 valence electrons. The highest BCUT2D eigenvalue weighted by atomic mass is 32.2. The Kier molecular flexibility index (Phi) is 7.22. The monoisotopic (exact) mass is 481 g/mol. The van der Waals surface area contributed by atoms with Crippen LogP contribution in [0.5, 0.6) is 5.75 Å². The molecule has 1 aromatic heterocycles. The molecular formula is C25H21F2N3O3S. The number of methoxy groups -OCH3 is 1. The molecule has 0 aliphatic rings. The van der Waals surface area contributed by atoms with Gasteiger partial charge in [-0.15, -0.1) is 0 Å². The maximum atomic E-state index is 14.5. The van der Waals surface area contributed by atoms with Gasteiger partial charge in [-0.2, -0.15) is 0 Å². The zero-order chi connectivity index (χ0) is 24.1. The number of thioether (sulfide) groups is 1. The summed E-state index contributed by atoms with van der Waals surface area (Å²) in [4.78, 5) is 30.0. The predicted octanol–water partition coefficient (Wildman–Crippen LogP) is 4.12. The topological polar surface area (TPSA) is 73.2 Å². The molecule has 0 spiro atoms. The molecule has 6 nitrogen and oxygen atoms in total. The number of hydrogen-bond donors (Lipinski definition) is 1. The molecule has 1 heterocycles. The van der Waals surface area contributed by atoms with Crippen molar-refractivity contribution < 1.29 is 18.3 Å². The molecule has 0 unspecified atom stereocenters. The third kappa shape index (κ3) is 5.26. The number of nitrogens with zero attached hydrogens (tertiary/aromatic N) is 2. The summed E-state index contributed by atoms with van der Waals surface area (Å²) in [6, 6.07) is 17.2. The second kappa shape index (κ2) is 10.5. The van der Waals surface area contributed by atoms with Crippen LogP contribution in [-0.4, -0.2) is 34.9 Å². The molecule has 0 radical (unpaired) electrons. The predicted molar refractivity (Wildman–Crippen MR) is 128 cm³/mol. The van der Waals surface area contributed by atoms with E-state index in [-0.39, 0.29) is 22.5 Å². The maximum absolute atomic E-state index is 14.5. The third-order valence-electron chi connectivity index (χ3n) is 5.12. The van der Waals surface area contributed by atoms with Gasteiger partial charge in [-0.25, -0.2) is 13.8 Å². The van der Waals surface area contributed by atoms with Gasteiger partial charge >= 0.3 is 0 Å². The number of amides is 1. The van der Waals surface area contributed by atoms with Crippen molar-refractivity contribution in [3.63, 3.8) is 0 Å². The van der Waals surface area contributed by atoms with Crippen LogP contribution in [0, 0.1) is 11.6 Å². The molecule has 0 aliphatic heterocycles. The van der Waals surface area contributed by atoms with Gasteiger partial charge in [-0.3, -0.25) is 14.2 Å². The molecule has 0 fully saturated rings. The lowest BCUT2D eigenvalue weighted by Gasteiger charge is -2.14. The first-order valence-electron chi connectivity index (χ1n) is 10.5. The molecule has 4 rings (SSSR count). The van der Waals surface area contributed by atoms with Crippen molar-refractivity contribution in [2.75, 3.05) is 19.4 Å². The van der Waals surface area contributed by atoms with Crippen LogP contribution in [0.1, 0.15) is 5.56 Å². The Morgan fingerprint density at radius 2 is 1.85 bits per heavy atom. The first-order chi connectivity index (χ1) is 16.5. The maximum Gasteiger partial charge on any atom is 0.266 e. The number of carbonyl (C=O) groups is 1. The molecule has 0 aliphatic carbocycles. The number of benzene rings is 3. The number of hydrogen-bond acceptors (Lipinski definition) is 5. The fourth-order valence-electron chi connectivity index (χ4n) is 3.40. The van der Waals surface area contributed by atoms with Crippen LogP contribution in [0.25, 0.3) is 16.6 Å². The molecule has 9 heteroatoms. The Morgan fingerprint density at radius 3 is 2.59 bits per heavy atom. The van der Waals surface area contributed by atoms with Gasteiger partial charge in [0, 0.05) is 12.6 Å². The molecule has 0 bridgehead atoms. The van der Waals surface area contributed by atoms with Crippen molar-refractivity contribution in [2.24, 2.45) is 0 Å². The minimum Gasteiger partial charge on any atom is -0.497 e. The molecule has 4 aromatic rings. The number of fused-ring (bicyclic) bond motifs is 1. The van der Waals surface area contributed by atoms with Gasteiger partial charge < -0.3 is 10.1 Å². The summed E-state index contributed by atoms with van der Waals surface area (Å²) in [5.74, 6) is -1.18. The summed E-state index contributed by atoms with van der Waals surface area (Å²) < 4.78 is 34.2. The summed E-state index contributed by atoms with van der Waals surface area (Å²) >= 11 is 1.01. The highest BCUT2D eigenvalue weighted by molar-refractivity contribution is 7.99. The first-order valence-corrected chi connectivity index (χ1v) is 11.4. The summed E-state index contributed by atoms with van der Waals surface area (Å²) in [7, 11) is 1.60. The lowest BCUT2D eigenvalue weighted by molar-refractivity contribution is -0.118. The molecule has 1 N–H and O–H groups in total. The van der Waals surface area contributed by atoms with Crippen LogP contribution in [0.2, 0.25) is 0 Å². The summed E-state index contributed by atoms with van der Waals surface area (Å²) in [5, 5.41) is 3.26. The number of halogens is 2. The van der Waals surface area contributed by atoms with Crippen LogP contribution < -0.4 is 15.6 Å². The van der Waals surface area contributed by atoms with E-state index >= 15 is 0 Å². The average molecular weight is 482 g/mol. The van der Waals surface area contributed by atoms with Crippen LogP contribution in [0.3, 0.4) is 0 Å². The molecule has 34 heavy (non-hydrogen) atoms. The number of ether oxygens (including phenoxy) is 1. The molecule has 0 saturated heterocycles. The van der Waals surface area contributed by atoms with E-state index in [1.54, 1.807) is 31.4 Å². The second-order valence-electron chi connectivity index (χ2n) is 7.38. The van der Waals surface area contributed by atoms with Gasteiger partial charge in [0.1, 0.15) is 17.4 Å². The van der Waals surface area contributed by atoms with Gasteiger partial charge in [-0.1, -0.05) is 36.0 Å². The van der Waals surface area contributed by atoms with E-state index in [1.807, 2.05) is 24.3 Å². The minimum absolute atomic E-state index is 0.0315. The Balaban J connectivity index is 1.51. The van der Waals surface area contributed by atoms with Crippen molar-refractivity contribution in [2.45, 2.75) is 11.6 Å². The van der Waals surface area contributed by atoms with E-state index in [4.69, 9.17) is 4.74 Å². The Hall–Kier alpha value is -3.72. The molecular weight excluding hydrogens is 460 g/mol. The van der Waals surface area contributed by atoms with Gasteiger partial charge in [0.05, 0.1) is 29.5 Å². The van der Waals surface area contributed by atoms with E-state index in [0.717, 1.165) is 33.7 Å². The number of carbonyl (C=O) groups excluding carboxylic acids is 1. The fraction of sp³-hybridized carbons (Fsp3) is 0.160. The van der Waals surface area contributed by atoms with Crippen LogP contribution >= 0.6 is 11.8 Å². The van der Waals surface area contributed by atoms with Gasteiger partial charge in [0.15, 0.2) is 5.16 Å². The standard InChI is InChI=1S/C25H21F2N3O3S/c1-33-18-9-6-16(7-10-18)12-13-28-23(31)15-34-25-29-21-5-3-2-4-19(21)24(32)30(25)22-11-8-17(26)14-20(22)27/h2-11,14H,12-13,15H2,1H3,(H,28,31). The third-order valence-corrected chi connectivity index (χ3v) is 6.06. The molecule has 0 saturated carbocycles. The quantitative estimate of drug-likeness (QED) is 0.303. The average Bonchev–Trinajstić information content (AvgIpc) is 2.84. The van der Waals surface area contributed by atoms with Crippen molar-refractivity contribution in [1.29, 1.82) is 0 Å². The van der Waals surface area contributed by atoms with E-state index in [0.29, 0.717) is 29.9 Å². The van der Waals surface area contributed by atoms with Crippen molar-refractivity contribution in [3.05, 3.63) is 94.3 Å². The van der Waals surface area contributed by atoms with E-state index in [1.165, 1.54) is 6.07 Å². The Bertz CT molecular complexity index is 1390. The Labute approximate surface area is 198 Å². The highest BCUT2D eigenvalue weighted by Crippen LogP contribution is 2.23. The zero-order valence-corrected chi connectivity index (χ0v) is 19.1. The van der Waals surface area contributed by atoms with Crippen molar-refractivity contribution in [1.82, 2.24) is 14.9 Å². The number of nitrogens with one attached hydrogen (secondary N) is 1. The summed E-state index contributed by atoms with van der Waals surface area (Å²) in [5.41, 5.74) is 0.838. The summed E-state index contributed by atoms with van der Waals surface area (Å²) in [6.45, 7) is 0.427. The SMILES string of the molecule is COc1ccc(CCNC(=O)CSc2nc3ccccc3c(=O)n2-c2ccc(F)cc2F)cc1. The van der Waals surface area contributed by atoms with E-state index in [2.05, 4.69) is 10.3 Å². The first kappa shape index (κ1) is 23.4. The zero-order valence-electron chi connectivity index (χ0n) is 18.3. The van der Waals surface area contributed by atoms with Gasteiger partial charge in [0.2, 0.25) is 5.91 Å². The number of rotatable bonds is 8. The lowest BCUT2D eigenvalue weighted by atomic mass is 10.1. The molecule has 3 aromatic carbocycles. The van der Waals surface area contributed by atoms with Crippen LogP contribution in [-0.2, 0) is 11.2 Å². The fourth-order valence-corrected chi connectivity index (χ4v) is 4.24. The summed E-state index contributed by atoms with van der Waals surface area (Å²) in [6.07, 6.45) is 0.639. The van der Waals surface area contributed by atoms with E-state index in [9.17, 15) is 18.4 Å². The smallest absolute Gasteiger partial charge is 0.266 e. The van der Waals surface area contributed by atoms with Gasteiger partial charge in [0.25, 0.3) is 5.56 Å². The second-order valence-corrected chi connectivity index (χ2v) is 8.33. The minimum atomic E-state index is -0.898.